The van der Waals surface area contributed by atoms with E-state index >= 15 is 0 Å². The molecular formula is C19H23ClF4N6. The molecule has 6 nitrogen and oxygen atoms in total. The van der Waals surface area contributed by atoms with Crippen LogP contribution in [0.2, 0.25) is 5.02 Å². The second-order valence-corrected chi connectivity index (χ2v) is 7.45. The summed E-state index contributed by atoms with van der Waals surface area (Å²) in [6, 6.07) is 4.62. The van der Waals surface area contributed by atoms with Crippen LogP contribution in [0.4, 0.5) is 17.6 Å². The molecule has 0 bridgehead atoms. The molecule has 1 N–H and O–H groups in total. The number of aryl methyl sites for hydroxylation is 1. The zero-order valence-corrected chi connectivity index (χ0v) is 17.4. The van der Waals surface area contributed by atoms with Gasteiger partial charge in [-0.1, -0.05) is 17.7 Å². The molecule has 0 aliphatic carbocycles. The van der Waals surface area contributed by atoms with Crippen LogP contribution in [-0.4, -0.2) is 58.8 Å². The van der Waals surface area contributed by atoms with Crippen molar-refractivity contribution in [1.29, 1.82) is 0 Å². The third-order valence-electron chi connectivity index (χ3n) is 4.94. The van der Waals surface area contributed by atoms with Gasteiger partial charge in [0.2, 0.25) is 0 Å². The highest BCUT2D eigenvalue weighted by atomic mass is 35.5. The zero-order chi connectivity index (χ0) is 21.9. The van der Waals surface area contributed by atoms with Crippen molar-refractivity contribution in [3.63, 3.8) is 0 Å². The molecule has 164 valence electrons. The van der Waals surface area contributed by atoms with Crippen molar-refractivity contribution in [3.8, 4) is 0 Å². The van der Waals surface area contributed by atoms with E-state index in [9.17, 15) is 17.6 Å². The summed E-state index contributed by atoms with van der Waals surface area (Å²) in [5, 5.41) is 6.89. The first-order valence-electron chi connectivity index (χ1n) is 9.39. The average Bonchev–Trinajstić information content (AvgIpc) is 3.07. The van der Waals surface area contributed by atoms with Crippen LogP contribution in [0.1, 0.15) is 16.8 Å². The number of aromatic nitrogens is 2. The van der Waals surface area contributed by atoms with Gasteiger partial charge in [0, 0.05) is 75.7 Å². The molecule has 0 saturated carbocycles. The Morgan fingerprint density at radius 1 is 1.23 bits per heavy atom. The van der Waals surface area contributed by atoms with Crippen LogP contribution in [-0.2, 0) is 26.3 Å². The number of hydrogen-bond donors (Lipinski definition) is 1. The summed E-state index contributed by atoms with van der Waals surface area (Å²) in [5.41, 5.74) is -0.384. The standard InChI is InChI=1S/C19H23ClF4N6/c1-25-18(26-10-13-11-28(2)27-17(13)19(22,23)24)30-8-6-29(7-9-30)12-14-15(20)4-3-5-16(14)21/h3-5,11H,6-10,12H2,1-2H3,(H,25,26). The van der Waals surface area contributed by atoms with Gasteiger partial charge in [0.1, 0.15) is 5.82 Å². The Kier molecular flexibility index (Phi) is 6.87. The normalized spacial score (nSPS) is 16.2. The highest BCUT2D eigenvalue weighted by molar-refractivity contribution is 6.31. The molecule has 1 fully saturated rings. The van der Waals surface area contributed by atoms with Gasteiger partial charge >= 0.3 is 6.18 Å². The van der Waals surface area contributed by atoms with Crippen LogP contribution in [0, 0.1) is 5.82 Å². The summed E-state index contributed by atoms with van der Waals surface area (Å²) >= 11 is 6.10. The lowest BCUT2D eigenvalue weighted by atomic mass is 10.2. The van der Waals surface area contributed by atoms with E-state index in [1.54, 1.807) is 19.2 Å². The predicted molar refractivity (Wildman–Crippen MR) is 107 cm³/mol. The molecule has 1 aliphatic rings. The predicted octanol–water partition coefficient (Wildman–Crippen LogP) is 3.12. The van der Waals surface area contributed by atoms with Crippen molar-refractivity contribution >= 4 is 17.6 Å². The highest BCUT2D eigenvalue weighted by Crippen LogP contribution is 2.30. The third kappa shape index (κ3) is 5.23. The number of nitrogens with zero attached hydrogens (tertiary/aromatic N) is 5. The number of hydrogen-bond acceptors (Lipinski definition) is 3. The Balaban J connectivity index is 1.57. The van der Waals surface area contributed by atoms with Crippen molar-refractivity contribution in [1.82, 2.24) is 24.9 Å². The molecule has 11 heteroatoms. The van der Waals surface area contributed by atoms with Crippen LogP contribution in [0.25, 0.3) is 0 Å². The fourth-order valence-corrected chi connectivity index (χ4v) is 3.66. The lowest BCUT2D eigenvalue weighted by Gasteiger charge is -2.36. The van der Waals surface area contributed by atoms with Crippen molar-refractivity contribution in [3.05, 3.63) is 52.1 Å². The third-order valence-corrected chi connectivity index (χ3v) is 5.29. The molecule has 1 aromatic heterocycles. The second-order valence-electron chi connectivity index (χ2n) is 7.04. The van der Waals surface area contributed by atoms with E-state index in [0.717, 1.165) is 4.68 Å². The lowest BCUT2D eigenvalue weighted by molar-refractivity contribution is -0.142. The second kappa shape index (κ2) is 9.22. The molecule has 2 heterocycles. The summed E-state index contributed by atoms with van der Waals surface area (Å²) in [4.78, 5) is 8.23. The SMILES string of the molecule is CN=C(NCc1cn(C)nc1C(F)(F)F)N1CCN(Cc2c(F)cccc2Cl)CC1. The highest BCUT2D eigenvalue weighted by Gasteiger charge is 2.37. The minimum absolute atomic E-state index is 0.0413. The molecule has 0 radical (unpaired) electrons. The summed E-state index contributed by atoms with van der Waals surface area (Å²) in [5.74, 6) is 0.176. The summed E-state index contributed by atoms with van der Waals surface area (Å²) in [6.07, 6.45) is -3.17. The van der Waals surface area contributed by atoms with Crippen LogP contribution in [0.5, 0.6) is 0 Å². The number of rotatable bonds is 4. The number of piperazine rings is 1. The Labute approximate surface area is 177 Å². The van der Waals surface area contributed by atoms with Gasteiger partial charge in [0.25, 0.3) is 0 Å². The van der Waals surface area contributed by atoms with E-state index < -0.39 is 11.9 Å². The van der Waals surface area contributed by atoms with Crippen LogP contribution in [0.15, 0.2) is 29.4 Å². The smallest absolute Gasteiger partial charge is 0.352 e. The largest absolute Gasteiger partial charge is 0.435 e. The summed E-state index contributed by atoms with van der Waals surface area (Å²) in [7, 11) is 3.04. The molecule has 1 aliphatic heterocycles. The molecular weight excluding hydrogens is 424 g/mol. The van der Waals surface area contributed by atoms with E-state index in [1.165, 1.54) is 19.3 Å². The first-order chi connectivity index (χ1) is 14.2. The molecule has 1 aromatic carbocycles. The van der Waals surface area contributed by atoms with Gasteiger partial charge in [-0.3, -0.25) is 14.6 Å². The maximum Gasteiger partial charge on any atom is 0.435 e. The van der Waals surface area contributed by atoms with Gasteiger partial charge in [0.05, 0.1) is 0 Å². The first kappa shape index (κ1) is 22.4. The minimum Gasteiger partial charge on any atom is -0.352 e. The quantitative estimate of drug-likeness (QED) is 0.445. The van der Waals surface area contributed by atoms with Gasteiger partial charge in [-0.25, -0.2) is 4.39 Å². The van der Waals surface area contributed by atoms with Gasteiger partial charge in [-0.15, -0.1) is 0 Å². The lowest BCUT2D eigenvalue weighted by Crippen LogP contribution is -2.52. The Morgan fingerprint density at radius 3 is 2.53 bits per heavy atom. The Bertz CT molecular complexity index is 883. The summed E-state index contributed by atoms with van der Waals surface area (Å²) < 4.78 is 54.5. The molecule has 30 heavy (non-hydrogen) atoms. The fourth-order valence-electron chi connectivity index (χ4n) is 3.44. The van der Waals surface area contributed by atoms with Crippen LogP contribution >= 0.6 is 11.6 Å². The molecule has 0 unspecified atom stereocenters. The van der Waals surface area contributed by atoms with Gasteiger partial charge in [0.15, 0.2) is 11.7 Å². The van der Waals surface area contributed by atoms with E-state index in [1.807, 2.05) is 4.90 Å². The summed E-state index contributed by atoms with van der Waals surface area (Å²) in [6.45, 7) is 2.85. The topological polar surface area (TPSA) is 48.7 Å². The number of alkyl halides is 3. The van der Waals surface area contributed by atoms with Crippen molar-refractivity contribution in [2.45, 2.75) is 19.3 Å². The van der Waals surface area contributed by atoms with E-state index in [4.69, 9.17) is 11.6 Å². The van der Waals surface area contributed by atoms with E-state index in [2.05, 4.69) is 20.3 Å². The monoisotopic (exact) mass is 446 g/mol. The van der Waals surface area contributed by atoms with Crippen molar-refractivity contribution < 1.29 is 17.6 Å². The molecule has 3 rings (SSSR count). The minimum atomic E-state index is -4.51. The number of nitrogens with one attached hydrogen (secondary N) is 1. The van der Waals surface area contributed by atoms with Crippen LogP contribution in [0.3, 0.4) is 0 Å². The molecule has 1 saturated heterocycles. The van der Waals surface area contributed by atoms with Crippen LogP contribution < -0.4 is 5.32 Å². The zero-order valence-electron chi connectivity index (χ0n) is 16.7. The number of benzene rings is 1. The molecule has 0 amide bonds. The number of guanidine groups is 1. The number of aliphatic imine (C=N–C) groups is 1. The van der Waals surface area contributed by atoms with Gasteiger partial charge < -0.3 is 10.2 Å². The van der Waals surface area contributed by atoms with Crippen molar-refractivity contribution in [2.75, 3.05) is 33.2 Å². The van der Waals surface area contributed by atoms with Crippen molar-refractivity contribution in [2.24, 2.45) is 12.0 Å². The fraction of sp³-hybridized carbons (Fsp3) is 0.474. The maximum absolute atomic E-state index is 14.0. The molecule has 2 aromatic rings. The Morgan fingerprint density at radius 2 is 1.93 bits per heavy atom. The molecule has 0 spiro atoms. The van der Waals surface area contributed by atoms with E-state index in [0.29, 0.717) is 49.3 Å². The van der Waals surface area contributed by atoms with Gasteiger partial charge in [-0.2, -0.15) is 18.3 Å². The first-order valence-corrected chi connectivity index (χ1v) is 9.77. The average molecular weight is 447 g/mol. The molecule has 0 atom stereocenters. The maximum atomic E-state index is 14.0. The van der Waals surface area contributed by atoms with E-state index in [-0.39, 0.29) is 17.9 Å². The Hall–Kier alpha value is -2.33. The number of halogens is 5. The van der Waals surface area contributed by atoms with Gasteiger partial charge in [-0.05, 0) is 12.1 Å².